The quantitative estimate of drug-likeness (QED) is 0.572. The Hall–Kier alpha value is -2.78. The number of anilines is 1. The second-order valence-corrected chi connectivity index (χ2v) is 9.33. The fraction of sp³-hybridized carbons (Fsp3) is 0.600. The molecule has 1 saturated heterocycles. The molecule has 34 heavy (non-hydrogen) atoms. The summed E-state index contributed by atoms with van der Waals surface area (Å²) in [5, 5.41) is 10.2. The van der Waals surface area contributed by atoms with E-state index in [1.165, 1.54) is 6.92 Å². The first-order valence-corrected chi connectivity index (χ1v) is 12.3. The SMILES string of the molecule is CC(=O)NC1(c2noc(CCC(=O)Nc3cccc(CN4CCOCC4)c3)n2)CCCCCC1. The molecule has 4 rings (SSSR count). The first-order chi connectivity index (χ1) is 16.5. The number of nitrogens with one attached hydrogen (secondary N) is 2. The summed E-state index contributed by atoms with van der Waals surface area (Å²) in [5.41, 5.74) is 1.37. The second kappa shape index (κ2) is 11.6. The largest absolute Gasteiger partial charge is 0.379 e. The third-order valence-electron chi connectivity index (χ3n) is 6.56. The summed E-state index contributed by atoms with van der Waals surface area (Å²) in [6.07, 6.45) is 6.48. The Kier molecular flexibility index (Phi) is 8.29. The van der Waals surface area contributed by atoms with Crippen LogP contribution in [0.25, 0.3) is 0 Å². The Balaban J connectivity index is 1.32. The first kappa shape index (κ1) is 24.3. The van der Waals surface area contributed by atoms with Crippen LogP contribution in [0.3, 0.4) is 0 Å². The van der Waals surface area contributed by atoms with E-state index in [0.717, 1.165) is 82.6 Å². The molecule has 0 bridgehead atoms. The Bertz CT molecular complexity index is 962. The van der Waals surface area contributed by atoms with Crippen LogP contribution in [0.1, 0.15) is 69.1 Å². The maximum Gasteiger partial charge on any atom is 0.227 e. The molecule has 0 unspecified atom stereocenters. The fourth-order valence-corrected chi connectivity index (χ4v) is 4.83. The van der Waals surface area contributed by atoms with Crippen molar-refractivity contribution >= 4 is 17.5 Å². The number of rotatable bonds is 8. The summed E-state index contributed by atoms with van der Waals surface area (Å²) in [6, 6.07) is 7.95. The van der Waals surface area contributed by atoms with E-state index >= 15 is 0 Å². The highest BCUT2D eigenvalue weighted by Crippen LogP contribution is 2.34. The highest BCUT2D eigenvalue weighted by molar-refractivity contribution is 5.90. The van der Waals surface area contributed by atoms with E-state index in [4.69, 9.17) is 9.26 Å². The van der Waals surface area contributed by atoms with Gasteiger partial charge in [0.1, 0.15) is 5.54 Å². The van der Waals surface area contributed by atoms with Crippen molar-refractivity contribution in [2.75, 3.05) is 31.6 Å². The van der Waals surface area contributed by atoms with Crippen molar-refractivity contribution in [3.05, 3.63) is 41.5 Å². The average molecular weight is 470 g/mol. The van der Waals surface area contributed by atoms with Gasteiger partial charge >= 0.3 is 0 Å². The molecule has 0 atom stereocenters. The number of hydrogen-bond acceptors (Lipinski definition) is 7. The molecule has 1 aliphatic carbocycles. The van der Waals surface area contributed by atoms with Gasteiger partial charge in [0, 0.05) is 45.1 Å². The molecule has 2 fully saturated rings. The summed E-state index contributed by atoms with van der Waals surface area (Å²) in [4.78, 5) is 31.4. The van der Waals surface area contributed by atoms with Crippen LogP contribution in [0.5, 0.6) is 0 Å². The van der Waals surface area contributed by atoms with Crippen molar-refractivity contribution in [3.63, 3.8) is 0 Å². The number of aryl methyl sites for hydroxylation is 1. The van der Waals surface area contributed by atoms with Crippen molar-refractivity contribution in [1.29, 1.82) is 0 Å². The van der Waals surface area contributed by atoms with Gasteiger partial charge in [0.05, 0.1) is 13.2 Å². The minimum Gasteiger partial charge on any atom is -0.379 e. The van der Waals surface area contributed by atoms with Crippen molar-refractivity contribution in [2.45, 2.75) is 70.4 Å². The van der Waals surface area contributed by atoms with Gasteiger partial charge in [-0.3, -0.25) is 14.5 Å². The van der Waals surface area contributed by atoms with Crippen molar-refractivity contribution in [3.8, 4) is 0 Å². The van der Waals surface area contributed by atoms with Crippen LogP contribution in [0, 0.1) is 0 Å². The highest BCUT2D eigenvalue weighted by Gasteiger charge is 2.38. The standard InChI is InChI=1S/C25H35N5O4/c1-19(31)28-25(11-4-2-3-5-12-25)24-27-23(34-29-24)10-9-22(32)26-21-8-6-7-20(17-21)18-30-13-15-33-16-14-30/h6-8,17H,2-5,9-16,18H2,1H3,(H,26,32)(H,28,31). The van der Waals surface area contributed by atoms with E-state index in [0.29, 0.717) is 18.1 Å². The van der Waals surface area contributed by atoms with Crippen LogP contribution in [0.4, 0.5) is 5.69 Å². The number of morpholine rings is 1. The lowest BCUT2D eigenvalue weighted by Crippen LogP contribution is -2.45. The lowest BCUT2D eigenvalue weighted by Gasteiger charge is -2.30. The van der Waals surface area contributed by atoms with E-state index in [1.54, 1.807) is 0 Å². The van der Waals surface area contributed by atoms with Crippen molar-refractivity contribution in [1.82, 2.24) is 20.4 Å². The Morgan fingerprint density at radius 2 is 1.88 bits per heavy atom. The number of carbonyl (C=O) groups is 2. The third kappa shape index (κ3) is 6.64. The molecule has 2 aliphatic rings. The van der Waals surface area contributed by atoms with Crippen LogP contribution in [-0.4, -0.2) is 53.2 Å². The van der Waals surface area contributed by atoms with Gasteiger partial charge in [0.25, 0.3) is 0 Å². The number of ether oxygens (including phenoxy) is 1. The van der Waals surface area contributed by atoms with Gasteiger partial charge in [-0.2, -0.15) is 4.98 Å². The normalized spacial score (nSPS) is 18.7. The van der Waals surface area contributed by atoms with Crippen LogP contribution in [0.2, 0.25) is 0 Å². The van der Waals surface area contributed by atoms with Gasteiger partial charge < -0.3 is 19.9 Å². The number of carbonyl (C=O) groups excluding carboxylic acids is 2. The van der Waals surface area contributed by atoms with Gasteiger partial charge in [-0.05, 0) is 30.5 Å². The summed E-state index contributed by atoms with van der Waals surface area (Å²) in [6.45, 7) is 5.74. The van der Waals surface area contributed by atoms with E-state index in [2.05, 4.69) is 31.7 Å². The van der Waals surface area contributed by atoms with E-state index in [9.17, 15) is 9.59 Å². The Morgan fingerprint density at radius 1 is 1.12 bits per heavy atom. The minimum atomic E-state index is -0.576. The number of aromatic nitrogens is 2. The molecule has 0 spiro atoms. The Morgan fingerprint density at radius 3 is 2.62 bits per heavy atom. The Labute approximate surface area is 200 Å². The molecular weight excluding hydrogens is 434 g/mol. The second-order valence-electron chi connectivity index (χ2n) is 9.33. The molecule has 0 radical (unpaired) electrons. The summed E-state index contributed by atoms with van der Waals surface area (Å²) in [5.74, 6) is 0.744. The van der Waals surface area contributed by atoms with Gasteiger partial charge in [0.15, 0.2) is 5.82 Å². The van der Waals surface area contributed by atoms with Crippen LogP contribution in [-0.2, 0) is 32.8 Å². The molecule has 2 N–H and O–H groups in total. The zero-order valence-corrected chi connectivity index (χ0v) is 20.0. The average Bonchev–Trinajstić information content (AvgIpc) is 3.18. The van der Waals surface area contributed by atoms with Crippen LogP contribution in [0.15, 0.2) is 28.8 Å². The maximum atomic E-state index is 12.6. The predicted molar refractivity (Wildman–Crippen MR) is 127 cm³/mol. The minimum absolute atomic E-state index is 0.0940. The van der Waals surface area contributed by atoms with Crippen LogP contribution < -0.4 is 10.6 Å². The molecule has 1 aromatic carbocycles. The topological polar surface area (TPSA) is 110 Å². The van der Waals surface area contributed by atoms with E-state index in [1.807, 2.05) is 18.2 Å². The van der Waals surface area contributed by atoms with E-state index < -0.39 is 5.54 Å². The number of benzene rings is 1. The maximum absolute atomic E-state index is 12.6. The van der Waals surface area contributed by atoms with E-state index in [-0.39, 0.29) is 18.2 Å². The van der Waals surface area contributed by atoms with Crippen molar-refractivity contribution < 1.29 is 18.8 Å². The molecule has 9 heteroatoms. The van der Waals surface area contributed by atoms with Gasteiger partial charge in [-0.15, -0.1) is 0 Å². The smallest absolute Gasteiger partial charge is 0.227 e. The van der Waals surface area contributed by atoms with Gasteiger partial charge in [-0.25, -0.2) is 0 Å². The van der Waals surface area contributed by atoms with Gasteiger partial charge in [-0.1, -0.05) is 43.0 Å². The summed E-state index contributed by atoms with van der Waals surface area (Å²) >= 11 is 0. The zero-order valence-electron chi connectivity index (χ0n) is 20.0. The summed E-state index contributed by atoms with van der Waals surface area (Å²) in [7, 11) is 0. The van der Waals surface area contributed by atoms with Crippen LogP contribution >= 0.6 is 0 Å². The molecule has 184 valence electrons. The highest BCUT2D eigenvalue weighted by atomic mass is 16.5. The predicted octanol–water partition coefficient (Wildman–Crippen LogP) is 3.16. The number of amides is 2. The molecule has 1 saturated carbocycles. The number of nitrogens with zero attached hydrogens (tertiary/aromatic N) is 3. The molecule has 1 aromatic heterocycles. The third-order valence-corrected chi connectivity index (χ3v) is 6.56. The summed E-state index contributed by atoms with van der Waals surface area (Å²) < 4.78 is 10.9. The number of hydrogen-bond donors (Lipinski definition) is 2. The fourth-order valence-electron chi connectivity index (χ4n) is 4.83. The molecule has 2 heterocycles. The lowest BCUT2D eigenvalue weighted by atomic mass is 9.89. The van der Waals surface area contributed by atoms with Crippen molar-refractivity contribution in [2.24, 2.45) is 0 Å². The van der Waals surface area contributed by atoms with Gasteiger partial charge in [0.2, 0.25) is 17.7 Å². The molecule has 2 aromatic rings. The zero-order chi connectivity index (χ0) is 23.8. The molecule has 1 aliphatic heterocycles. The lowest BCUT2D eigenvalue weighted by molar-refractivity contribution is -0.121. The molecular formula is C25H35N5O4. The monoisotopic (exact) mass is 469 g/mol. The molecule has 2 amide bonds. The molecule has 9 nitrogen and oxygen atoms in total. The first-order valence-electron chi connectivity index (χ1n) is 12.3.